The molecule has 1 saturated heterocycles. The van der Waals surface area contributed by atoms with E-state index in [-0.39, 0.29) is 18.4 Å². The third-order valence-electron chi connectivity index (χ3n) is 7.05. The molecular formula is C33H33ClN4O4. The molecule has 216 valence electrons. The molecule has 1 heterocycles. The number of benzene rings is 4. The molecule has 9 heteroatoms. The van der Waals surface area contributed by atoms with Crippen molar-refractivity contribution in [2.24, 2.45) is 0 Å². The van der Waals surface area contributed by atoms with E-state index in [4.69, 9.17) is 21.1 Å². The fourth-order valence-corrected chi connectivity index (χ4v) is 5.03. The van der Waals surface area contributed by atoms with Gasteiger partial charge in [0.05, 0.1) is 18.4 Å². The number of hydrogen-bond acceptors (Lipinski definition) is 6. The van der Waals surface area contributed by atoms with Crippen LogP contribution in [0.3, 0.4) is 0 Å². The highest BCUT2D eigenvalue weighted by Crippen LogP contribution is 2.31. The lowest BCUT2D eigenvalue weighted by Gasteiger charge is -2.38. The van der Waals surface area contributed by atoms with Gasteiger partial charge in [-0.25, -0.2) is 0 Å². The van der Waals surface area contributed by atoms with E-state index < -0.39 is 0 Å². The van der Waals surface area contributed by atoms with E-state index in [0.29, 0.717) is 28.6 Å². The SMILES string of the molecule is COc1ccccc1N1CCN(c2ccc(NC(=O)COc3ccc(Cl)cc3)cc2C(=O)NCc2ccccc2)CC1. The van der Waals surface area contributed by atoms with Gasteiger partial charge in [-0.2, -0.15) is 0 Å². The van der Waals surface area contributed by atoms with Crippen LogP contribution in [0, 0.1) is 0 Å². The van der Waals surface area contributed by atoms with Gasteiger partial charge in [-0.05, 0) is 60.2 Å². The molecule has 0 unspecified atom stereocenters. The number of nitrogens with zero attached hydrogens (tertiary/aromatic N) is 2. The van der Waals surface area contributed by atoms with E-state index in [0.717, 1.165) is 48.9 Å². The Morgan fingerprint density at radius 2 is 1.48 bits per heavy atom. The average Bonchev–Trinajstić information content (AvgIpc) is 3.04. The van der Waals surface area contributed by atoms with Crippen LogP contribution >= 0.6 is 11.6 Å². The summed E-state index contributed by atoms with van der Waals surface area (Å²) in [5.41, 5.74) is 3.88. The minimum absolute atomic E-state index is 0.177. The van der Waals surface area contributed by atoms with Crippen molar-refractivity contribution in [2.75, 3.05) is 55.0 Å². The van der Waals surface area contributed by atoms with Crippen LogP contribution in [-0.2, 0) is 11.3 Å². The van der Waals surface area contributed by atoms with Crippen LogP contribution in [0.25, 0.3) is 0 Å². The summed E-state index contributed by atoms with van der Waals surface area (Å²) in [6.07, 6.45) is 0. The zero-order chi connectivity index (χ0) is 29.3. The molecule has 1 fully saturated rings. The third-order valence-corrected chi connectivity index (χ3v) is 7.30. The molecule has 0 atom stereocenters. The quantitative estimate of drug-likeness (QED) is 0.252. The minimum atomic E-state index is -0.334. The highest BCUT2D eigenvalue weighted by molar-refractivity contribution is 6.30. The number of methoxy groups -OCH3 is 1. The topological polar surface area (TPSA) is 83.1 Å². The minimum Gasteiger partial charge on any atom is -0.495 e. The first kappa shape index (κ1) is 28.8. The molecule has 4 aromatic rings. The molecule has 1 aliphatic heterocycles. The van der Waals surface area contributed by atoms with Crippen molar-refractivity contribution in [3.8, 4) is 11.5 Å². The Bertz CT molecular complexity index is 1510. The normalized spacial score (nSPS) is 12.9. The van der Waals surface area contributed by atoms with Crippen LogP contribution < -0.4 is 29.9 Å². The van der Waals surface area contributed by atoms with Gasteiger partial charge in [0.1, 0.15) is 11.5 Å². The average molecular weight is 585 g/mol. The molecule has 0 aromatic heterocycles. The Morgan fingerprint density at radius 3 is 2.19 bits per heavy atom. The number of carbonyl (C=O) groups excluding carboxylic acids is 2. The molecule has 4 aromatic carbocycles. The van der Waals surface area contributed by atoms with Crippen molar-refractivity contribution in [3.05, 3.63) is 113 Å². The van der Waals surface area contributed by atoms with E-state index in [9.17, 15) is 9.59 Å². The fourth-order valence-electron chi connectivity index (χ4n) is 4.90. The lowest BCUT2D eigenvalue weighted by Crippen LogP contribution is -2.47. The molecule has 0 radical (unpaired) electrons. The first-order chi connectivity index (χ1) is 20.5. The van der Waals surface area contributed by atoms with Crippen LogP contribution in [0.4, 0.5) is 17.1 Å². The van der Waals surface area contributed by atoms with Crippen LogP contribution in [0.1, 0.15) is 15.9 Å². The number of halogens is 1. The first-order valence-electron chi connectivity index (χ1n) is 13.8. The number of piperazine rings is 1. The zero-order valence-electron chi connectivity index (χ0n) is 23.4. The summed E-state index contributed by atoms with van der Waals surface area (Å²) in [5, 5.41) is 6.48. The van der Waals surface area contributed by atoms with E-state index in [1.807, 2.05) is 60.7 Å². The molecule has 8 nitrogen and oxygen atoms in total. The van der Waals surface area contributed by atoms with Crippen LogP contribution in [0.5, 0.6) is 11.5 Å². The van der Waals surface area contributed by atoms with Crippen molar-refractivity contribution in [1.29, 1.82) is 0 Å². The summed E-state index contributed by atoms with van der Waals surface area (Å²) in [5.74, 6) is 0.832. The number of ether oxygens (including phenoxy) is 2. The van der Waals surface area contributed by atoms with E-state index in [1.54, 1.807) is 37.4 Å². The van der Waals surface area contributed by atoms with Crippen molar-refractivity contribution < 1.29 is 19.1 Å². The maximum Gasteiger partial charge on any atom is 0.262 e. The van der Waals surface area contributed by atoms with E-state index in [2.05, 4.69) is 26.5 Å². The standard InChI is InChI=1S/C33H33ClN4O4/c1-41-31-10-6-5-9-30(31)38-19-17-37(18-20-38)29-16-13-26(36-32(39)23-42-27-14-11-25(34)12-15-27)21-28(29)33(40)35-22-24-7-3-2-4-8-24/h2-16,21H,17-20,22-23H2,1H3,(H,35,40)(H,36,39). The summed E-state index contributed by atoms with van der Waals surface area (Å²) in [4.78, 5) is 30.7. The lowest BCUT2D eigenvalue weighted by molar-refractivity contribution is -0.118. The number of para-hydroxylation sites is 2. The smallest absolute Gasteiger partial charge is 0.262 e. The summed E-state index contributed by atoms with van der Waals surface area (Å²) >= 11 is 5.92. The molecule has 5 rings (SSSR count). The number of anilines is 3. The Morgan fingerprint density at radius 1 is 0.810 bits per heavy atom. The second-order valence-electron chi connectivity index (χ2n) is 9.84. The van der Waals surface area contributed by atoms with Gasteiger partial charge in [0.25, 0.3) is 11.8 Å². The van der Waals surface area contributed by atoms with Gasteiger partial charge in [0, 0.05) is 49.1 Å². The molecule has 2 N–H and O–H groups in total. The van der Waals surface area contributed by atoms with Crippen molar-refractivity contribution in [1.82, 2.24) is 5.32 Å². The van der Waals surface area contributed by atoms with Crippen molar-refractivity contribution >= 4 is 40.5 Å². The number of nitrogens with one attached hydrogen (secondary N) is 2. The fraction of sp³-hybridized carbons (Fsp3) is 0.212. The summed E-state index contributed by atoms with van der Waals surface area (Å²) in [6.45, 7) is 3.20. The molecule has 2 amide bonds. The largest absolute Gasteiger partial charge is 0.495 e. The number of rotatable bonds is 10. The van der Waals surface area contributed by atoms with Crippen molar-refractivity contribution in [2.45, 2.75) is 6.54 Å². The van der Waals surface area contributed by atoms with Gasteiger partial charge in [0.2, 0.25) is 0 Å². The molecular weight excluding hydrogens is 552 g/mol. The number of carbonyl (C=O) groups is 2. The summed E-state index contributed by atoms with van der Waals surface area (Å²) < 4.78 is 11.1. The van der Waals surface area contributed by atoms with Crippen LogP contribution in [0.15, 0.2) is 97.1 Å². The lowest BCUT2D eigenvalue weighted by atomic mass is 10.1. The van der Waals surface area contributed by atoms with Gasteiger partial charge in [-0.15, -0.1) is 0 Å². The first-order valence-corrected chi connectivity index (χ1v) is 14.2. The Hall–Kier alpha value is -4.69. The second kappa shape index (κ2) is 13.8. The van der Waals surface area contributed by atoms with E-state index >= 15 is 0 Å². The van der Waals surface area contributed by atoms with Gasteiger partial charge in [0.15, 0.2) is 6.61 Å². The van der Waals surface area contributed by atoms with Crippen molar-refractivity contribution in [3.63, 3.8) is 0 Å². The molecule has 0 saturated carbocycles. The van der Waals surface area contributed by atoms with Gasteiger partial charge in [-0.1, -0.05) is 54.1 Å². The highest BCUT2D eigenvalue weighted by Gasteiger charge is 2.24. The second-order valence-corrected chi connectivity index (χ2v) is 10.3. The predicted molar refractivity (Wildman–Crippen MR) is 167 cm³/mol. The van der Waals surface area contributed by atoms with Gasteiger partial charge in [-0.3, -0.25) is 9.59 Å². The van der Waals surface area contributed by atoms with E-state index in [1.165, 1.54) is 0 Å². The molecule has 0 spiro atoms. The predicted octanol–water partition coefficient (Wildman–Crippen LogP) is 5.62. The summed E-state index contributed by atoms with van der Waals surface area (Å²) in [6, 6.07) is 30.0. The highest BCUT2D eigenvalue weighted by atomic mass is 35.5. The number of hydrogen-bond donors (Lipinski definition) is 2. The van der Waals surface area contributed by atoms with Gasteiger partial charge < -0.3 is 29.9 Å². The molecule has 0 bridgehead atoms. The monoisotopic (exact) mass is 584 g/mol. The third kappa shape index (κ3) is 7.33. The maximum atomic E-state index is 13.5. The summed E-state index contributed by atoms with van der Waals surface area (Å²) in [7, 11) is 1.68. The Kier molecular flexibility index (Phi) is 9.46. The molecule has 42 heavy (non-hydrogen) atoms. The zero-order valence-corrected chi connectivity index (χ0v) is 24.1. The maximum absolute atomic E-state index is 13.5. The Labute approximate surface area is 250 Å². The van der Waals surface area contributed by atoms with Crippen LogP contribution in [0.2, 0.25) is 5.02 Å². The Balaban J connectivity index is 1.30. The van der Waals surface area contributed by atoms with Gasteiger partial charge >= 0.3 is 0 Å². The molecule has 0 aliphatic carbocycles. The molecule has 1 aliphatic rings. The van der Waals surface area contributed by atoms with Crippen LogP contribution in [-0.4, -0.2) is 51.7 Å². The number of amides is 2.